The van der Waals surface area contributed by atoms with Gasteiger partial charge in [-0.25, -0.2) is 0 Å². The molecular formula is C19H26N2O5. The van der Waals surface area contributed by atoms with Crippen molar-refractivity contribution in [1.29, 1.82) is 0 Å². The number of aliphatic carboxylic acids is 1. The lowest BCUT2D eigenvalue weighted by Gasteiger charge is -2.24. The van der Waals surface area contributed by atoms with Crippen molar-refractivity contribution < 1.29 is 24.2 Å². The molecule has 0 radical (unpaired) electrons. The van der Waals surface area contributed by atoms with E-state index in [4.69, 9.17) is 9.84 Å². The molecule has 0 spiro atoms. The lowest BCUT2D eigenvalue weighted by molar-refractivity contribution is -0.139. The zero-order chi connectivity index (χ0) is 19.1. The van der Waals surface area contributed by atoms with Crippen molar-refractivity contribution in [1.82, 2.24) is 4.90 Å². The predicted molar refractivity (Wildman–Crippen MR) is 97.0 cm³/mol. The second-order valence-corrected chi connectivity index (χ2v) is 6.96. The fourth-order valence-electron chi connectivity index (χ4n) is 2.48. The van der Waals surface area contributed by atoms with Gasteiger partial charge in [0.15, 0.2) is 6.61 Å². The summed E-state index contributed by atoms with van der Waals surface area (Å²) in [5, 5.41) is 11.7. The molecule has 2 N–H and O–H groups in total. The first-order chi connectivity index (χ1) is 12.3. The Morgan fingerprint density at radius 3 is 2.65 bits per heavy atom. The number of hydrogen-bond donors (Lipinski definition) is 2. The standard InChI is InChI=1S/C19H26N2O5/c1-13(2)11-21(9-8-18(23)24)17(22)12-26-16-5-3-4-15(10-16)20-19(25)14-6-7-14/h3-5,10,13-14H,6-9,11-12H2,1-2H3,(H,20,25)(H,23,24). The lowest BCUT2D eigenvalue weighted by atomic mass is 10.2. The minimum Gasteiger partial charge on any atom is -0.484 e. The fourth-order valence-corrected chi connectivity index (χ4v) is 2.48. The van der Waals surface area contributed by atoms with Crippen LogP contribution < -0.4 is 10.1 Å². The third-order valence-corrected chi connectivity index (χ3v) is 3.95. The molecule has 7 heteroatoms. The van der Waals surface area contributed by atoms with Gasteiger partial charge in [-0.1, -0.05) is 19.9 Å². The Hall–Kier alpha value is -2.57. The zero-order valence-corrected chi connectivity index (χ0v) is 15.2. The summed E-state index contributed by atoms with van der Waals surface area (Å²) in [6, 6.07) is 6.91. The summed E-state index contributed by atoms with van der Waals surface area (Å²) in [4.78, 5) is 36.5. The highest BCUT2D eigenvalue weighted by molar-refractivity contribution is 5.94. The van der Waals surface area contributed by atoms with E-state index in [2.05, 4.69) is 5.32 Å². The van der Waals surface area contributed by atoms with Crippen molar-refractivity contribution in [3.8, 4) is 5.75 Å². The smallest absolute Gasteiger partial charge is 0.305 e. The van der Waals surface area contributed by atoms with Gasteiger partial charge in [-0.3, -0.25) is 14.4 Å². The second-order valence-electron chi connectivity index (χ2n) is 6.96. The SMILES string of the molecule is CC(C)CN(CCC(=O)O)C(=O)COc1cccc(NC(=O)C2CC2)c1. The van der Waals surface area contributed by atoms with Crippen LogP contribution in [-0.4, -0.2) is 47.5 Å². The zero-order valence-electron chi connectivity index (χ0n) is 15.2. The molecule has 0 bridgehead atoms. The van der Waals surface area contributed by atoms with Crippen molar-refractivity contribution in [3.05, 3.63) is 24.3 Å². The van der Waals surface area contributed by atoms with Crippen molar-refractivity contribution in [3.63, 3.8) is 0 Å². The average molecular weight is 362 g/mol. The van der Waals surface area contributed by atoms with E-state index in [1.54, 1.807) is 24.3 Å². The van der Waals surface area contributed by atoms with E-state index in [0.717, 1.165) is 12.8 Å². The van der Waals surface area contributed by atoms with E-state index >= 15 is 0 Å². The largest absolute Gasteiger partial charge is 0.484 e. The molecule has 142 valence electrons. The molecule has 2 rings (SSSR count). The van der Waals surface area contributed by atoms with Crippen molar-refractivity contribution in [2.75, 3.05) is 25.0 Å². The minimum absolute atomic E-state index is 0.00926. The van der Waals surface area contributed by atoms with Crippen LogP contribution in [0.25, 0.3) is 0 Å². The number of ether oxygens (including phenoxy) is 1. The molecule has 0 heterocycles. The molecule has 0 saturated heterocycles. The number of benzene rings is 1. The number of carboxylic acids is 1. The van der Waals surface area contributed by atoms with Gasteiger partial charge in [-0.2, -0.15) is 0 Å². The Kier molecular flexibility index (Phi) is 7.00. The van der Waals surface area contributed by atoms with Gasteiger partial charge >= 0.3 is 5.97 Å². The summed E-state index contributed by atoms with van der Waals surface area (Å²) in [6.07, 6.45) is 1.76. The van der Waals surface area contributed by atoms with Gasteiger partial charge in [0.2, 0.25) is 5.91 Å². The van der Waals surface area contributed by atoms with E-state index in [1.165, 1.54) is 4.90 Å². The molecule has 7 nitrogen and oxygen atoms in total. The highest BCUT2D eigenvalue weighted by Crippen LogP contribution is 2.30. The number of hydrogen-bond acceptors (Lipinski definition) is 4. The number of carbonyl (C=O) groups is 3. The topological polar surface area (TPSA) is 95.9 Å². The van der Waals surface area contributed by atoms with Crippen LogP contribution in [0.4, 0.5) is 5.69 Å². The Balaban J connectivity index is 1.89. The molecule has 1 aromatic carbocycles. The number of rotatable bonds is 10. The monoisotopic (exact) mass is 362 g/mol. The summed E-state index contributed by atoms with van der Waals surface area (Å²) < 4.78 is 5.55. The van der Waals surface area contributed by atoms with E-state index in [1.807, 2.05) is 13.8 Å². The number of carbonyl (C=O) groups excluding carboxylic acids is 2. The molecular weight excluding hydrogens is 336 g/mol. The highest BCUT2D eigenvalue weighted by Gasteiger charge is 2.29. The van der Waals surface area contributed by atoms with E-state index in [-0.39, 0.29) is 43.2 Å². The van der Waals surface area contributed by atoms with Crippen molar-refractivity contribution >= 4 is 23.5 Å². The molecule has 26 heavy (non-hydrogen) atoms. The maximum absolute atomic E-state index is 12.4. The number of nitrogens with one attached hydrogen (secondary N) is 1. The van der Waals surface area contributed by atoms with Gasteiger partial charge < -0.3 is 20.1 Å². The van der Waals surface area contributed by atoms with Gasteiger partial charge in [0.05, 0.1) is 6.42 Å². The van der Waals surface area contributed by atoms with Gasteiger partial charge in [-0.05, 0) is 30.9 Å². The molecule has 0 aromatic heterocycles. The first-order valence-electron chi connectivity index (χ1n) is 8.88. The van der Waals surface area contributed by atoms with Crippen LogP contribution in [0.5, 0.6) is 5.75 Å². The summed E-state index contributed by atoms with van der Waals surface area (Å²) >= 11 is 0. The summed E-state index contributed by atoms with van der Waals surface area (Å²) in [5.41, 5.74) is 0.636. The first-order valence-corrected chi connectivity index (χ1v) is 8.88. The Morgan fingerprint density at radius 2 is 2.04 bits per heavy atom. The van der Waals surface area contributed by atoms with Gasteiger partial charge in [0.1, 0.15) is 5.75 Å². The predicted octanol–water partition coefficient (Wildman–Crippen LogP) is 2.37. The number of nitrogens with zero attached hydrogens (tertiary/aromatic N) is 1. The Morgan fingerprint density at radius 1 is 1.31 bits per heavy atom. The molecule has 0 aliphatic heterocycles. The van der Waals surface area contributed by atoms with Gasteiger partial charge in [-0.15, -0.1) is 0 Å². The molecule has 0 atom stereocenters. The molecule has 1 aliphatic carbocycles. The van der Waals surface area contributed by atoms with Crippen LogP contribution in [0.1, 0.15) is 33.1 Å². The Bertz CT molecular complexity index is 655. The molecule has 1 aliphatic rings. The molecule has 1 fully saturated rings. The van der Waals surface area contributed by atoms with Crippen LogP contribution >= 0.6 is 0 Å². The summed E-state index contributed by atoms with van der Waals surface area (Å²) in [5.74, 6) is -0.364. The van der Waals surface area contributed by atoms with Crippen LogP contribution in [-0.2, 0) is 14.4 Å². The third-order valence-electron chi connectivity index (χ3n) is 3.95. The fraction of sp³-hybridized carbons (Fsp3) is 0.526. The maximum Gasteiger partial charge on any atom is 0.305 e. The normalized spacial score (nSPS) is 13.3. The Labute approximate surface area is 153 Å². The van der Waals surface area contributed by atoms with Crippen LogP contribution in [0, 0.1) is 11.8 Å². The van der Waals surface area contributed by atoms with E-state index in [9.17, 15) is 14.4 Å². The van der Waals surface area contributed by atoms with Gasteiger partial charge in [0.25, 0.3) is 5.91 Å². The molecule has 0 unspecified atom stereocenters. The minimum atomic E-state index is -0.938. The summed E-state index contributed by atoms with van der Waals surface area (Å²) in [7, 11) is 0. The third kappa shape index (κ3) is 6.74. The van der Waals surface area contributed by atoms with Crippen molar-refractivity contribution in [2.45, 2.75) is 33.1 Å². The number of amides is 2. The maximum atomic E-state index is 12.4. The van der Waals surface area contributed by atoms with Gasteiger partial charge in [0, 0.05) is 30.8 Å². The lowest BCUT2D eigenvalue weighted by Crippen LogP contribution is -2.38. The average Bonchev–Trinajstić information content (AvgIpc) is 3.41. The molecule has 1 saturated carbocycles. The second kappa shape index (κ2) is 9.22. The quantitative estimate of drug-likeness (QED) is 0.666. The molecule has 2 amide bonds. The van der Waals surface area contributed by atoms with Crippen LogP contribution in [0.2, 0.25) is 0 Å². The van der Waals surface area contributed by atoms with E-state index < -0.39 is 5.97 Å². The van der Waals surface area contributed by atoms with Crippen molar-refractivity contribution in [2.24, 2.45) is 11.8 Å². The summed E-state index contributed by atoms with van der Waals surface area (Å²) in [6.45, 7) is 4.40. The van der Waals surface area contributed by atoms with Crippen LogP contribution in [0.3, 0.4) is 0 Å². The number of anilines is 1. The highest BCUT2D eigenvalue weighted by atomic mass is 16.5. The number of carboxylic acid groups (broad SMARTS) is 1. The molecule has 1 aromatic rings. The van der Waals surface area contributed by atoms with Crippen LogP contribution in [0.15, 0.2) is 24.3 Å². The van der Waals surface area contributed by atoms with E-state index in [0.29, 0.717) is 18.0 Å². The first kappa shape index (κ1) is 19.8.